The van der Waals surface area contributed by atoms with Crippen molar-refractivity contribution >= 4 is 6.21 Å². The fourth-order valence-electron chi connectivity index (χ4n) is 2.81. The highest BCUT2D eigenvalue weighted by Crippen LogP contribution is 2.18. The first-order chi connectivity index (χ1) is 12.0. The second-order valence-corrected chi connectivity index (χ2v) is 6.23. The number of aliphatic imine (C=N–C) groups is 1. The van der Waals surface area contributed by atoms with Crippen molar-refractivity contribution in [2.45, 2.75) is 32.8 Å². The molecule has 25 heavy (non-hydrogen) atoms. The standard InChI is InChI=1S/C18H21N3O4/c1-11-5-6-13(8-12(11)2)21-17(23)15(16(22)20-18(21)24)10-19-9-14-4-3-7-25-14/h5-6,8,10,14,23H,3-4,7,9H2,1-2H3,(H,20,22,24)/t14-/m1/s1. The summed E-state index contributed by atoms with van der Waals surface area (Å²) in [7, 11) is 0. The van der Waals surface area contributed by atoms with Crippen molar-refractivity contribution < 1.29 is 9.84 Å². The molecule has 3 rings (SSSR count). The Hall–Kier alpha value is -2.67. The molecule has 0 unspecified atom stereocenters. The van der Waals surface area contributed by atoms with Crippen LogP contribution in [0.5, 0.6) is 5.88 Å². The maximum absolute atomic E-state index is 12.2. The van der Waals surface area contributed by atoms with Gasteiger partial charge in [-0.25, -0.2) is 9.36 Å². The predicted molar refractivity (Wildman–Crippen MR) is 95.2 cm³/mol. The highest BCUT2D eigenvalue weighted by atomic mass is 16.5. The second kappa shape index (κ2) is 7.06. The SMILES string of the molecule is Cc1ccc(-n2c(O)c(C=NC[C@H]3CCCO3)c(=O)[nH]c2=O)cc1C. The average Bonchev–Trinajstić information content (AvgIpc) is 3.07. The third-order valence-corrected chi connectivity index (χ3v) is 4.42. The van der Waals surface area contributed by atoms with Gasteiger partial charge in [0.1, 0.15) is 5.56 Å². The van der Waals surface area contributed by atoms with E-state index in [1.807, 2.05) is 19.9 Å². The summed E-state index contributed by atoms with van der Waals surface area (Å²) >= 11 is 0. The van der Waals surface area contributed by atoms with Crippen LogP contribution in [0.2, 0.25) is 0 Å². The molecular formula is C18H21N3O4. The van der Waals surface area contributed by atoms with Crippen LogP contribution in [0.1, 0.15) is 29.5 Å². The van der Waals surface area contributed by atoms with Crippen molar-refractivity contribution in [3.05, 3.63) is 55.7 Å². The molecule has 1 aromatic heterocycles. The largest absolute Gasteiger partial charge is 0.493 e. The second-order valence-electron chi connectivity index (χ2n) is 6.23. The normalized spacial score (nSPS) is 17.4. The van der Waals surface area contributed by atoms with Crippen LogP contribution in [-0.4, -0.2) is 40.1 Å². The highest BCUT2D eigenvalue weighted by molar-refractivity contribution is 5.82. The van der Waals surface area contributed by atoms with Crippen LogP contribution in [0.25, 0.3) is 5.69 Å². The lowest BCUT2D eigenvalue weighted by molar-refractivity contribution is 0.118. The number of nitrogens with zero attached hydrogens (tertiary/aromatic N) is 2. The molecule has 0 amide bonds. The molecule has 0 saturated carbocycles. The first kappa shape index (κ1) is 17.2. The smallest absolute Gasteiger partial charge is 0.335 e. The molecule has 1 aliphatic heterocycles. The predicted octanol–water partition coefficient (Wildman–Crippen LogP) is 1.45. The van der Waals surface area contributed by atoms with Gasteiger partial charge in [0, 0.05) is 12.8 Å². The third kappa shape index (κ3) is 3.56. The zero-order chi connectivity index (χ0) is 18.0. The fraction of sp³-hybridized carbons (Fsp3) is 0.389. The third-order valence-electron chi connectivity index (χ3n) is 4.42. The number of aryl methyl sites for hydroxylation is 2. The summed E-state index contributed by atoms with van der Waals surface area (Å²) in [5.41, 5.74) is 1.12. The maximum atomic E-state index is 12.2. The Bertz CT molecular complexity index is 921. The Morgan fingerprint density at radius 3 is 2.84 bits per heavy atom. The van der Waals surface area contributed by atoms with E-state index in [1.54, 1.807) is 12.1 Å². The number of rotatable bonds is 4. The lowest BCUT2D eigenvalue weighted by atomic mass is 10.1. The van der Waals surface area contributed by atoms with E-state index in [2.05, 4.69) is 9.98 Å². The monoisotopic (exact) mass is 343 g/mol. The maximum Gasteiger partial charge on any atom is 0.335 e. The summed E-state index contributed by atoms with van der Waals surface area (Å²) < 4.78 is 6.54. The Morgan fingerprint density at radius 1 is 1.36 bits per heavy atom. The van der Waals surface area contributed by atoms with E-state index in [9.17, 15) is 14.7 Å². The number of benzene rings is 1. The average molecular weight is 343 g/mol. The molecule has 0 aliphatic carbocycles. The van der Waals surface area contributed by atoms with Crippen LogP contribution < -0.4 is 11.2 Å². The minimum absolute atomic E-state index is 0.0446. The van der Waals surface area contributed by atoms with Crippen LogP contribution in [0.15, 0.2) is 32.8 Å². The van der Waals surface area contributed by atoms with Crippen LogP contribution in [0, 0.1) is 13.8 Å². The summed E-state index contributed by atoms with van der Waals surface area (Å²) in [5, 5.41) is 10.5. The van der Waals surface area contributed by atoms with Gasteiger partial charge in [0.2, 0.25) is 5.88 Å². The lowest BCUT2D eigenvalue weighted by Crippen LogP contribution is -2.31. The van der Waals surface area contributed by atoms with E-state index in [0.717, 1.165) is 35.1 Å². The molecule has 1 atom stereocenters. The molecule has 1 saturated heterocycles. The van der Waals surface area contributed by atoms with E-state index < -0.39 is 17.1 Å². The van der Waals surface area contributed by atoms with Crippen LogP contribution in [0.4, 0.5) is 0 Å². The van der Waals surface area contributed by atoms with E-state index in [0.29, 0.717) is 12.2 Å². The van der Waals surface area contributed by atoms with E-state index in [-0.39, 0.29) is 11.7 Å². The summed E-state index contributed by atoms with van der Waals surface area (Å²) in [6.07, 6.45) is 3.28. The molecule has 0 bridgehead atoms. The molecule has 2 aromatic rings. The van der Waals surface area contributed by atoms with Gasteiger partial charge in [0.05, 0.1) is 18.3 Å². The number of aromatic nitrogens is 2. The Kier molecular flexibility index (Phi) is 4.85. The zero-order valence-electron chi connectivity index (χ0n) is 14.3. The Morgan fingerprint density at radius 2 is 2.16 bits per heavy atom. The molecule has 2 N–H and O–H groups in total. The number of aromatic amines is 1. The first-order valence-corrected chi connectivity index (χ1v) is 8.24. The molecular weight excluding hydrogens is 322 g/mol. The summed E-state index contributed by atoms with van der Waals surface area (Å²) in [5.74, 6) is -0.423. The fourth-order valence-corrected chi connectivity index (χ4v) is 2.81. The quantitative estimate of drug-likeness (QED) is 0.821. The van der Waals surface area contributed by atoms with Crippen LogP contribution in [-0.2, 0) is 4.74 Å². The van der Waals surface area contributed by atoms with E-state index in [4.69, 9.17) is 4.74 Å². The summed E-state index contributed by atoms with van der Waals surface area (Å²) in [4.78, 5) is 30.6. The lowest BCUT2D eigenvalue weighted by Gasteiger charge is -2.11. The molecule has 0 radical (unpaired) electrons. The van der Waals surface area contributed by atoms with Gasteiger partial charge in [-0.15, -0.1) is 0 Å². The molecule has 7 heteroatoms. The van der Waals surface area contributed by atoms with Crippen LogP contribution in [0.3, 0.4) is 0 Å². The molecule has 1 fully saturated rings. The molecule has 1 aliphatic rings. The highest BCUT2D eigenvalue weighted by Gasteiger charge is 2.16. The Balaban J connectivity index is 1.99. The van der Waals surface area contributed by atoms with E-state index >= 15 is 0 Å². The van der Waals surface area contributed by atoms with Gasteiger partial charge < -0.3 is 9.84 Å². The van der Waals surface area contributed by atoms with Crippen molar-refractivity contribution in [3.63, 3.8) is 0 Å². The van der Waals surface area contributed by atoms with Gasteiger partial charge in [-0.1, -0.05) is 6.07 Å². The summed E-state index contributed by atoms with van der Waals surface area (Å²) in [6, 6.07) is 5.35. The van der Waals surface area contributed by atoms with Gasteiger partial charge in [-0.05, 0) is 49.9 Å². The van der Waals surface area contributed by atoms with Crippen molar-refractivity contribution in [2.24, 2.45) is 4.99 Å². The minimum atomic E-state index is -0.693. The number of hydrogen-bond acceptors (Lipinski definition) is 5. The molecule has 1 aromatic carbocycles. The number of H-pyrrole nitrogens is 1. The molecule has 2 heterocycles. The number of nitrogens with one attached hydrogen (secondary N) is 1. The molecule has 132 valence electrons. The minimum Gasteiger partial charge on any atom is -0.493 e. The number of ether oxygens (including phenoxy) is 1. The van der Waals surface area contributed by atoms with Crippen molar-refractivity contribution in [1.29, 1.82) is 0 Å². The van der Waals surface area contributed by atoms with Gasteiger partial charge in [-0.3, -0.25) is 14.8 Å². The van der Waals surface area contributed by atoms with Crippen molar-refractivity contribution in [3.8, 4) is 11.6 Å². The Labute approximate surface area is 144 Å². The summed E-state index contributed by atoms with van der Waals surface area (Å²) in [6.45, 7) is 5.01. The first-order valence-electron chi connectivity index (χ1n) is 8.24. The van der Waals surface area contributed by atoms with Gasteiger partial charge >= 0.3 is 5.69 Å². The number of hydrogen-bond donors (Lipinski definition) is 2. The molecule has 0 spiro atoms. The van der Waals surface area contributed by atoms with Crippen molar-refractivity contribution in [2.75, 3.05) is 13.2 Å². The van der Waals surface area contributed by atoms with E-state index in [1.165, 1.54) is 6.21 Å². The van der Waals surface area contributed by atoms with Crippen LogP contribution >= 0.6 is 0 Å². The topological polar surface area (TPSA) is 96.7 Å². The van der Waals surface area contributed by atoms with Gasteiger partial charge in [0.15, 0.2) is 0 Å². The molecule has 7 nitrogen and oxygen atoms in total. The van der Waals surface area contributed by atoms with Crippen molar-refractivity contribution in [1.82, 2.24) is 9.55 Å². The van der Waals surface area contributed by atoms with Gasteiger partial charge in [0.25, 0.3) is 5.56 Å². The number of aromatic hydroxyl groups is 1. The zero-order valence-corrected chi connectivity index (χ0v) is 14.3. The van der Waals surface area contributed by atoms with Gasteiger partial charge in [-0.2, -0.15) is 0 Å².